The van der Waals surface area contributed by atoms with Crippen LogP contribution in [0.15, 0.2) is 60.1 Å². The van der Waals surface area contributed by atoms with Gasteiger partial charge in [0.05, 0.1) is 35.7 Å². The molecule has 142 valence electrons. The molecule has 0 fully saturated rings. The van der Waals surface area contributed by atoms with Gasteiger partial charge in [-0.2, -0.15) is 0 Å². The van der Waals surface area contributed by atoms with Gasteiger partial charge in [0, 0.05) is 11.1 Å². The maximum atomic E-state index is 13.0. The van der Waals surface area contributed by atoms with Gasteiger partial charge in [0.1, 0.15) is 6.17 Å². The molecule has 1 atom stereocenters. The van der Waals surface area contributed by atoms with Gasteiger partial charge in [-0.25, -0.2) is 4.79 Å². The summed E-state index contributed by atoms with van der Waals surface area (Å²) in [5.74, 6) is -0.483. The molecule has 1 aromatic carbocycles. The Hall–Kier alpha value is -3.19. The summed E-state index contributed by atoms with van der Waals surface area (Å²) in [7, 11) is 0. The van der Waals surface area contributed by atoms with Gasteiger partial charge in [-0.1, -0.05) is 18.2 Å². The molecule has 3 aromatic rings. The number of ether oxygens (including phenoxy) is 1. The Balaban J connectivity index is 1.70. The van der Waals surface area contributed by atoms with E-state index in [1.54, 1.807) is 59.7 Å². The Kier molecular flexibility index (Phi) is 5.08. The van der Waals surface area contributed by atoms with Gasteiger partial charge in [0.2, 0.25) is 0 Å². The first kappa shape index (κ1) is 18.2. The second-order valence-corrected chi connectivity index (χ2v) is 7.29. The molecule has 4 rings (SSSR count). The van der Waals surface area contributed by atoms with Crippen LogP contribution < -0.4 is 5.32 Å². The van der Waals surface area contributed by atoms with Crippen LogP contribution in [0.2, 0.25) is 0 Å². The number of fused-ring (bicyclic) bond motifs is 1. The number of para-hydroxylation sites is 1. The Labute approximate surface area is 166 Å². The fourth-order valence-electron chi connectivity index (χ4n) is 3.26. The van der Waals surface area contributed by atoms with E-state index in [-0.39, 0.29) is 5.91 Å². The molecule has 2 aromatic heterocycles. The molecular formula is C21H19N3O3S. The largest absolute Gasteiger partial charge is 0.462 e. The van der Waals surface area contributed by atoms with E-state index in [2.05, 4.69) is 10.3 Å². The second kappa shape index (κ2) is 7.82. The van der Waals surface area contributed by atoms with Crippen LogP contribution in [0.3, 0.4) is 0 Å². The molecule has 0 saturated heterocycles. The van der Waals surface area contributed by atoms with Gasteiger partial charge >= 0.3 is 5.97 Å². The van der Waals surface area contributed by atoms with Crippen LogP contribution in [0.25, 0.3) is 0 Å². The zero-order chi connectivity index (χ0) is 19.5. The molecule has 1 amide bonds. The second-order valence-electron chi connectivity index (χ2n) is 6.26. The van der Waals surface area contributed by atoms with Crippen molar-refractivity contribution in [2.75, 3.05) is 11.9 Å². The normalized spacial score (nSPS) is 15.4. The summed E-state index contributed by atoms with van der Waals surface area (Å²) in [6.45, 7) is 2.53. The first-order valence-corrected chi connectivity index (χ1v) is 9.88. The van der Waals surface area contributed by atoms with Gasteiger partial charge in [-0.05, 0) is 42.6 Å². The molecule has 1 N–H and O–H groups in total. The lowest BCUT2D eigenvalue weighted by molar-refractivity contribution is 0.0527. The van der Waals surface area contributed by atoms with E-state index in [1.807, 2.05) is 23.6 Å². The summed E-state index contributed by atoms with van der Waals surface area (Å²) in [5.41, 5.74) is 2.26. The highest BCUT2D eigenvalue weighted by Gasteiger charge is 2.38. The Bertz CT molecular complexity index is 1000. The van der Waals surface area contributed by atoms with Gasteiger partial charge in [0.25, 0.3) is 5.91 Å². The summed E-state index contributed by atoms with van der Waals surface area (Å²) < 4.78 is 5.16. The first-order chi connectivity index (χ1) is 13.7. The molecule has 1 aliphatic heterocycles. The third-order valence-corrected chi connectivity index (χ3v) is 5.38. The molecule has 0 aliphatic carbocycles. The zero-order valence-corrected chi connectivity index (χ0v) is 16.1. The number of pyridine rings is 1. The summed E-state index contributed by atoms with van der Waals surface area (Å²) in [4.78, 5) is 32.6. The average molecular weight is 393 g/mol. The summed E-state index contributed by atoms with van der Waals surface area (Å²) >= 11 is 1.60. The predicted molar refractivity (Wildman–Crippen MR) is 107 cm³/mol. The molecule has 0 radical (unpaired) electrons. The fourth-order valence-corrected chi connectivity index (χ4v) is 3.96. The molecule has 3 heterocycles. The van der Waals surface area contributed by atoms with Crippen molar-refractivity contribution in [3.8, 4) is 0 Å². The number of carbonyl (C=O) groups is 2. The highest BCUT2D eigenvalue weighted by molar-refractivity contribution is 7.09. The van der Waals surface area contributed by atoms with E-state index < -0.39 is 12.1 Å². The van der Waals surface area contributed by atoms with E-state index in [4.69, 9.17) is 4.74 Å². The highest BCUT2D eigenvalue weighted by atomic mass is 32.1. The van der Waals surface area contributed by atoms with E-state index >= 15 is 0 Å². The molecule has 7 heteroatoms. The minimum atomic E-state index is -0.471. The number of hydrogen-bond acceptors (Lipinski definition) is 6. The average Bonchev–Trinajstić information content (AvgIpc) is 3.32. The highest BCUT2D eigenvalue weighted by Crippen LogP contribution is 2.35. The lowest BCUT2D eigenvalue weighted by atomic mass is 10.1. The van der Waals surface area contributed by atoms with Crippen LogP contribution >= 0.6 is 11.3 Å². The number of esters is 1. The molecule has 1 unspecified atom stereocenters. The lowest BCUT2D eigenvalue weighted by Crippen LogP contribution is -2.32. The number of nitrogens with one attached hydrogen (secondary N) is 1. The molecular weight excluding hydrogens is 374 g/mol. The minimum Gasteiger partial charge on any atom is -0.462 e. The topological polar surface area (TPSA) is 71.5 Å². The Morgan fingerprint density at radius 2 is 2.07 bits per heavy atom. The van der Waals surface area contributed by atoms with E-state index in [0.29, 0.717) is 35.7 Å². The third-order valence-electron chi connectivity index (χ3n) is 4.52. The first-order valence-electron chi connectivity index (χ1n) is 9.00. The van der Waals surface area contributed by atoms with Crippen LogP contribution in [0.1, 0.15) is 44.4 Å². The van der Waals surface area contributed by atoms with Gasteiger partial charge in [-0.15, -0.1) is 11.3 Å². The molecule has 1 aliphatic rings. The van der Waals surface area contributed by atoms with Gasteiger partial charge in [-0.3, -0.25) is 9.78 Å². The molecule has 28 heavy (non-hydrogen) atoms. The maximum Gasteiger partial charge on any atom is 0.340 e. The Morgan fingerprint density at radius 3 is 2.86 bits per heavy atom. The van der Waals surface area contributed by atoms with Crippen LogP contribution in [-0.4, -0.2) is 28.4 Å². The van der Waals surface area contributed by atoms with Crippen molar-refractivity contribution in [1.82, 2.24) is 9.88 Å². The summed E-state index contributed by atoms with van der Waals surface area (Å²) in [5, 5.41) is 5.33. The quantitative estimate of drug-likeness (QED) is 0.639. The van der Waals surface area contributed by atoms with Crippen molar-refractivity contribution in [2.24, 2.45) is 0 Å². The van der Waals surface area contributed by atoms with Crippen molar-refractivity contribution in [1.29, 1.82) is 0 Å². The number of aromatic nitrogens is 1. The van der Waals surface area contributed by atoms with E-state index in [1.165, 1.54) is 0 Å². The van der Waals surface area contributed by atoms with Crippen molar-refractivity contribution in [2.45, 2.75) is 19.6 Å². The number of nitrogens with zero attached hydrogens (tertiary/aromatic N) is 2. The smallest absolute Gasteiger partial charge is 0.340 e. The molecule has 0 saturated carbocycles. The Morgan fingerprint density at radius 1 is 1.21 bits per heavy atom. The maximum absolute atomic E-state index is 13.0. The van der Waals surface area contributed by atoms with Crippen molar-refractivity contribution in [3.05, 3.63) is 81.8 Å². The fraction of sp³-hybridized carbons (Fsp3) is 0.190. The van der Waals surface area contributed by atoms with Gasteiger partial charge in [0.15, 0.2) is 0 Å². The predicted octanol–water partition coefficient (Wildman–Crippen LogP) is 4.09. The monoisotopic (exact) mass is 393 g/mol. The number of anilines is 1. The van der Waals surface area contributed by atoms with Crippen molar-refractivity contribution in [3.63, 3.8) is 0 Å². The number of thiophene rings is 1. The van der Waals surface area contributed by atoms with Crippen LogP contribution in [0.4, 0.5) is 5.69 Å². The number of benzene rings is 1. The third kappa shape index (κ3) is 3.36. The van der Waals surface area contributed by atoms with Crippen molar-refractivity contribution < 1.29 is 14.3 Å². The molecule has 6 nitrogen and oxygen atoms in total. The number of amides is 1. The molecule has 0 bridgehead atoms. The SMILES string of the molecule is CCOC(=O)c1ccccc1NC1c2ncccc2C(=O)N1Cc1cccs1. The standard InChI is InChI=1S/C21H19N3O3S/c1-2-27-21(26)15-8-3-4-10-17(15)23-19-18-16(9-5-11-22-18)20(25)24(19)13-14-7-6-12-28-14/h3-12,19,23H,2,13H2,1H3. The van der Waals surface area contributed by atoms with Crippen LogP contribution in [0.5, 0.6) is 0 Å². The summed E-state index contributed by atoms with van der Waals surface area (Å²) in [6.07, 6.45) is 1.20. The van der Waals surface area contributed by atoms with Crippen LogP contribution in [-0.2, 0) is 11.3 Å². The van der Waals surface area contributed by atoms with E-state index in [9.17, 15) is 9.59 Å². The lowest BCUT2D eigenvalue weighted by Gasteiger charge is -2.26. The van der Waals surface area contributed by atoms with Crippen molar-refractivity contribution >= 4 is 28.9 Å². The minimum absolute atomic E-state index is 0.0809. The van der Waals surface area contributed by atoms with Gasteiger partial charge < -0.3 is 15.0 Å². The number of hydrogen-bond donors (Lipinski definition) is 1. The number of rotatable bonds is 6. The zero-order valence-electron chi connectivity index (χ0n) is 15.3. The summed E-state index contributed by atoms with van der Waals surface area (Å²) in [6, 6.07) is 14.6. The van der Waals surface area contributed by atoms with E-state index in [0.717, 1.165) is 4.88 Å². The van der Waals surface area contributed by atoms with Crippen LogP contribution in [0, 0.1) is 0 Å². The number of carbonyl (C=O) groups excluding carboxylic acids is 2. The molecule has 0 spiro atoms.